The fourth-order valence-corrected chi connectivity index (χ4v) is 1.02. The molecule has 0 bridgehead atoms. The zero-order chi connectivity index (χ0) is 15.1. The number of aromatic nitrogens is 1. The number of H-pyrrole nitrogens is 1. The number of rotatable bonds is 2. The number of hydrogen-bond acceptors (Lipinski definition) is 5. The third-order valence-electron chi connectivity index (χ3n) is 1.47. The normalized spacial score (nSPS) is 11.3. The van der Waals surface area contributed by atoms with Gasteiger partial charge in [-0.15, -0.1) is 10.2 Å². The van der Waals surface area contributed by atoms with Crippen LogP contribution in [0, 0.1) is 10.2 Å². The second-order valence-corrected chi connectivity index (χ2v) is 5.98. The van der Waals surface area contributed by atoms with Gasteiger partial charge in [0, 0.05) is 12.1 Å². The minimum atomic E-state index is -4.94. The molecule has 0 saturated heterocycles. The standard InChI is InChI=1S/C8H7Cl3N2O.ClHO4/c9-8(10,11)7(14)13-5-6-3-1-2-4-12-6;2-1(3,4)5/h1-4H,5H2,(H,13,14);(H,2,3,4,5). The Hall–Kier alpha value is -0.380. The van der Waals surface area contributed by atoms with E-state index in [2.05, 4.69) is 10.3 Å². The molecule has 1 aromatic heterocycles. The molecule has 7 nitrogen and oxygen atoms in total. The Bertz CT molecular complexity index is 386. The molecule has 11 heteroatoms. The van der Waals surface area contributed by atoms with Crippen LogP contribution < -0.4 is 28.9 Å². The molecule has 2 N–H and O–H groups in total. The van der Waals surface area contributed by atoms with Gasteiger partial charge >= 0.3 is 0 Å². The SMILES string of the molecule is O=C(NCc1cccc[nH+]1)C(Cl)(Cl)Cl.[O-][Cl+3]([O-])([O-])[O-]. The highest BCUT2D eigenvalue weighted by molar-refractivity contribution is 6.76. The summed E-state index contributed by atoms with van der Waals surface area (Å²) < 4.78 is 32.1. The average molecular weight is 354 g/mol. The minimum Gasteiger partial charge on any atom is -0.342 e. The summed E-state index contributed by atoms with van der Waals surface area (Å²) in [5.74, 6) is -0.639. The van der Waals surface area contributed by atoms with E-state index in [4.69, 9.17) is 53.4 Å². The van der Waals surface area contributed by atoms with E-state index in [1.54, 1.807) is 6.20 Å². The summed E-state index contributed by atoms with van der Waals surface area (Å²) in [6.45, 7) is 0.299. The fraction of sp³-hybridized carbons (Fsp3) is 0.250. The van der Waals surface area contributed by atoms with Crippen LogP contribution in [0.2, 0.25) is 0 Å². The molecule has 0 atom stereocenters. The van der Waals surface area contributed by atoms with Crippen LogP contribution >= 0.6 is 34.8 Å². The Morgan fingerprint density at radius 1 is 1.26 bits per heavy atom. The number of hydrogen-bond donors (Lipinski definition) is 1. The molecule has 0 aliphatic rings. The van der Waals surface area contributed by atoms with Crippen LogP contribution in [0.25, 0.3) is 0 Å². The fourth-order valence-electron chi connectivity index (χ4n) is 0.816. The van der Waals surface area contributed by atoms with Crippen molar-refractivity contribution < 1.29 is 38.7 Å². The molecule has 0 unspecified atom stereocenters. The number of carbonyl (C=O) groups is 1. The third kappa shape index (κ3) is 12.4. The summed E-state index contributed by atoms with van der Waals surface area (Å²) in [5, 5.41) is 2.47. The van der Waals surface area contributed by atoms with Gasteiger partial charge in [0.25, 0.3) is 9.70 Å². The Balaban J connectivity index is 0.000000555. The summed E-state index contributed by atoms with van der Waals surface area (Å²) in [7, 11) is -4.94. The number of amides is 1. The van der Waals surface area contributed by atoms with E-state index < -0.39 is 19.9 Å². The molecule has 0 radical (unpaired) electrons. The highest BCUT2D eigenvalue weighted by Crippen LogP contribution is 2.25. The first-order valence-corrected chi connectivity index (χ1v) is 6.79. The summed E-state index contributed by atoms with van der Waals surface area (Å²) in [6.07, 6.45) is 1.75. The average Bonchev–Trinajstić information content (AvgIpc) is 2.23. The summed E-state index contributed by atoms with van der Waals surface area (Å²) in [5.41, 5.74) is 0.829. The lowest BCUT2D eigenvalue weighted by atomic mass is 10.3. The quantitative estimate of drug-likeness (QED) is 0.556. The van der Waals surface area contributed by atoms with Crippen molar-refractivity contribution in [2.75, 3.05) is 0 Å². The van der Waals surface area contributed by atoms with Gasteiger partial charge in [-0.05, 0) is 0 Å². The van der Waals surface area contributed by atoms with Gasteiger partial charge in [-0.3, -0.25) is 4.79 Å². The molecule has 1 aromatic rings. The maximum Gasteiger partial charge on any atom is 0.272 e. The molecule has 0 fully saturated rings. The Kier molecular flexibility index (Phi) is 7.87. The maximum atomic E-state index is 11.1. The summed E-state index contributed by atoms with van der Waals surface area (Å²) in [6, 6.07) is 5.49. The van der Waals surface area contributed by atoms with Crippen LogP contribution in [-0.4, -0.2) is 9.70 Å². The Morgan fingerprint density at radius 3 is 2.16 bits per heavy atom. The zero-order valence-electron chi connectivity index (χ0n) is 9.07. The molecule has 1 amide bonds. The predicted molar refractivity (Wildman–Crippen MR) is 55.1 cm³/mol. The number of aromatic amines is 1. The molecule has 19 heavy (non-hydrogen) atoms. The van der Waals surface area contributed by atoms with Crippen LogP contribution in [0.4, 0.5) is 0 Å². The second kappa shape index (κ2) is 8.03. The van der Waals surface area contributed by atoms with Crippen molar-refractivity contribution in [2.45, 2.75) is 10.3 Å². The molecule has 0 aliphatic heterocycles. The van der Waals surface area contributed by atoms with Gasteiger partial charge in [0.15, 0.2) is 11.9 Å². The first-order valence-electron chi connectivity index (χ1n) is 4.42. The van der Waals surface area contributed by atoms with E-state index in [-0.39, 0.29) is 0 Å². The lowest BCUT2D eigenvalue weighted by molar-refractivity contribution is -2.00. The highest BCUT2D eigenvalue weighted by atomic mass is 35.7. The van der Waals surface area contributed by atoms with Crippen LogP contribution in [0.1, 0.15) is 5.69 Å². The number of alkyl halides is 3. The third-order valence-corrected chi connectivity index (χ3v) is 1.99. The van der Waals surface area contributed by atoms with Crippen molar-refractivity contribution in [3.05, 3.63) is 30.1 Å². The van der Waals surface area contributed by atoms with Gasteiger partial charge in [-0.25, -0.2) is 23.6 Å². The Labute approximate surface area is 125 Å². The molecule has 0 aromatic carbocycles. The minimum absolute atomic E-state index is 0.299. The molecule has 0 spiro atoms. The molecule has 108 valence electrons. The van der Waals surface area contributed by atoms with Gasteiger partial charge in [0.05, 0.1) is 0 Å². The molecular formula is C8H8Cl4N2O5. The van der Waals surface area contributed by atoms with Gasteiger partial charge in [-0.2, -0.15) is 0 Å². The highest BCUT2D eigenvalue weighted by Gasteiger charge is 2.30. The van der Waals surface area contributed by atoms with Crippen molar-refractivity contribution in [1.29, 1.82) is 0 Å². The van der Waals surface area contributed by atoms with Crippen molar-refractivity contribution in [1.82, 2.24) is 5.32 Å². The van der Waals surface area contributed by atoms with Gasteiger partial charge in [-0.1, -0.05) is 40.9 Å². The van der Waals surface area contributed by atoms with E-state index >= 15 is 0 Å². The number of carbonyl (C=O) groups excluding carboxylic acids is 1. The number of pyridine rings is 1. The predicted octanol–water partition coefficient (Wildman–Crippen LogP) is -3.27. The first kappa shape index (κ1) is 18.6. The van der Waals surface area contributed by atoms with Crippen LogP contribution in [0.5, 0.6) is 0 Å². The van der Waals surface area contributed by atoms with Gasteiger partial charge in [0.2, 0.25) is 0 Å². The van der Waals surface area contributed by atoms with E-state index in [1.165, 1.54) is 0 Å². The zero-order valence-corrected chi connectivity index (χ0v) is 12.1. The molecule has 0 saturated carbocycles. The van der Waals surface area contributed by atoms with Crippen LogP contribution in [0.3, 0.4) is 0 Å². The molecule has 1 rings (SSSR count). The van der Waals surface area contributed by atoms with Crippen molar-refractivity contribution in [2.24, 2.45) is 0 Å². The monoisotopic (exact) mass is 352 g/mol. The topological polar surface area (TPSA) is 135 Å². The lowest BCUT2D eigenvalue weighted by Gasteiger charge is -2.17. The van der Waals surface area contributed by atoms with E-state index in [1.807, 2.05) is 18.2 Å². The summed E-state index contributed by atoms with van der Waals surface area (Å²) >= 11 is 16.1. The van der Waals surface area contributed by atoms with Gasteiger partial charge < -0.3 is 5.32 Å². The lowest BCUT2D eigenvalue weighted by Crippen LogP contribution is -2.68. The Morgan fingerprint density at radius 2 is 1.79 bits per heavy atom. The van der Waals surface area contributed by atoms with Crippen molar-refractivity contribution in [3.8, 4) is 0 Å². The van der Waals surface area contributed by atoms with Gasteiger partial charge in [0.1, 0.15) is 6.54 Å². The van der Waals surface area contributed by atoms with Crippen molar-refractivity contribution in [3.63, 3.8) is 0 Å². The largest absolute Gasteiger partial charge is 0.342 e. The van der Waals surface area contributed by atoms with Crippen molar-refractivity contribution >= 4 is 40.7 Å². The second-order valence-electron chi connectivity index (χ2n) is 2.95. The van der Waals surface area contributed by atoms with Crippen LogP contribution in [-0.2, 0) is 11.3 Å². The van der Waals surface area contributed by atoms with E-state index in [0.717, 1.165) is 5.69 Å². The summed E-state index contributed by atoms with van der Waals surface area (Å²) in [4.78, 5) is 14.0. The van der Waals surface area contributed by atoms with Crippen LogP contribution in [0.15, 0.2) is 24.4 Å². The maximum absolute atomic E-state index is 11.1. The smallest absolute Gasteiger partial charge is 0.272 e. The number of halogens is 4. The molecular weight excluding hydrogens is 346 g/mol. The first-order chi connectivity index (χ1) is 8.50. The molecule has 0 aliphatic carbocycles. The van der Waals surface area contributed by atoms with E-state index in [9.17, 15) is 4.79 Å². The number of nitrogens with one attached hydrogen (secondary N) is 2. The molecule has 1 heterocycles. The van der Waals surface area contributed by atoms with E-state index in [0.29, 0.717) is 6.54 Å².